The number of pyridine rings is 1. The summed E-state index contributed by atoms with van der Waals surface area (Å²) < 4.78 is 74.0. The van der Waals surface area contributed by atoms with Gasteiger partial charge in [0, 0.05) is 42.3 Å². The average molecular weight is 845 g/mol. The van der Waals surface area contributed by atoms with E-state index in [1.807, 2.05) is 32.9 Å². The number of carbonyl (C=O) groups is 4. The second kappa shape index (κ2) is 16.0. The number of carbonyl (C=O) groups excluding carboxylic acids is 4. The van der Waals surface area contributed by atoms with Crippen molar-refractivity contribution in [3.05, 3.63) is 35.9 Å². The number of aryl methyl sites for hydroxylation is 1. The molecule has 3 aliphatic heterocycles. The summed E-state index contributed by atoms with van der Waals surface area (Å²) in [5, 5.41) is 6.18. The smallest absolute Gasteiger partial charge is 0.318 e. The van der Waals surface area contributed by atoms with Gasteiger partial charge in [-0.25, -0.2) is 27.0 Å². The van der Waals surface area contributed by atoms with Gasteiger partial charge in [0.2, 0.25) is 27.7 Å². The van der Waals surface area contributed by atoms with Gasteiger partial charge in [0.05, 0.1) is 36.6 Å². The molecule has 5 atom stereocenters. The van der Waals surface area contributed by atoms with E-state index in [1.165, 1.54) is 4.90 Å². The maximum absolute atomic E-state index is 14.7. The summed E-state index contributed by atoms with van der Waals surface area (Å²) in [4.78, 5) is 63.6. The van der Waals surface area contributed by atoms with E-state index in [1.54, 1.807) is 32.2 Å². The van der Waals surface area contributed by atoms with Crippen molar-refractivity contribution >= 4 is 44.7 Å². The quantitative estimate of drug-likeness (QED) is 0.304. The second-order valence-electron chi connectivity index (χ2n) is 17.1. The van der Waals surface area contributed by atoms with Gasteiger partial charge in [0.1, 0.15) is 35.2 Å². The molecule has 0 spiro atoms. The van der Waals surface area contributed by atoms with Gasteiger partial charge in [-0.2, -0.15) is 0 Å². The Morgan fingerprint density at radius 1 is 1.08 bits per heavy atom. The van der Waals surface area contributed by atoms with Gasteiger partial charge < -0.3 is 34.6 Å². The van der Waals surface area contributed by atoms with E-state index in [2.05, 4.69) is 15.4 Å². The number of nitrogens with one attached hydrogen (secondary N) is 3. The number of urea groups is 1. The lowest BCUT2D eigenvalue weighted by atomic mass is 10.0. The predicted molar refractivity (Wildman–Crippen MR) is 213 cm³/mol. The number of rotatable bonds is 9. The van der Waals surface area contributed by atoms with Gasteiger partial charge >= 0.3 is 6.03 Å². The molecule has 2 aromatic rings. The zero-order valence-corrected chi connectivity index (χ0v) is 35.0. The molecule has 1 aromatic carbocycles. The van der Waals surface area contributed by atoms with E-state index in [9.17, 15) is 36.4 Å². The molecule has 322 valence electrons. The first-order valence-electron chi connectivity index (χ1n) is 20.5. The molecular weight excluding hydrogens is 791 g/mol. The molecule has 59 heavy (non-hydrogen) atoms. The Morgan fingerprint density at radius 2 is 1.85 bits per heavy atom. The molecule has 0 radical (unpaired) electrons. The monoisotopic (exact) mass is 844 g/mol. The van der Waals surface area contributed by atoms with Crippen molar-refractivity contribution in [1.82, 2.24) is 30.1 Å². The van der Waals surface area contributed by atoms with Gasteiger partial charge in [-0.1, -0.05) is 25.0 Å². The lowest BCUT2D eigenvalue weighted by Crippen LogP contribution is -2.59. The number of allylic oxidation sites excluding steroid dienone is 1. The van der Waals surface area contributed by atoms with Gasteiger partial charge in [0.15, 0.2) is 0 Å². The van der Waals surface area contributed by atoms with Crippen molar-refractivity contribution < 1.29 is 50.6 Å². The molecule has 5 amide bonds. The first-order chi connectivity index (χ1) is 27.8. The molecule has 4 heterocycles. The summed E-state index contributed by atoms with van der Waals surface area (Å²) in [6.07, 6.45) is 5.85. The van der Waals surface area contributed by atoms with Crippen LogP contribution in [0.2, 0.25) is 0 Å². The maximum Gasteiger partial charge on any atom is 0.318 e. The van der Waals surface area contributed by atoms with Crippen molar-refractivity contribution in [2.45, 2.75) is 132 Å². The minimum absolute atomic E-state index is 0.0372. The van der Waals surface area contributed by atoms with Crippen LogP contribution in [0.4, 0.5) is 13.6 Å². The summed E-state index contributed by atoms with van der Waals surface area (Å²) in [6, 6.07) is 2.03. The van der Waals surface area contributed by atoms with Crippen LogP contribution in [0.15, 0.2) is 30.4 Å². The largest absolute Gasteiger partial charge is 0.496 e. The van der Waals surface area contributed by atoms with Crippen LogP contribution in [0, 0.1) is 12.8 Å². The first-order valence-corrected chi connectivity index (χ1v) is 21.9. The number of fused-ring (bicyclic) bond motifs is 3. The number of sulfonamides is 1. The van der Waals surface area contributed by atoms with E-state index >= 15 is 0 Å². The van der Waals surface area contributed by atoms with Gasteiger partial charge in [-0.15, -0.1) is 0 Å². The molecular formula is C41H54F2N6O9S. The number of alkyl halides is 2. The van der Waals surface area contributed by atoms with Crippen LogP contribution in [0.5, 0.6) is 17.4 Å². The molecule has 2 saturated heterocycles. The number of halogens is 2. The van der Waals surface area contributed by atoms with Crippen LogP contribution in [0.3, 0.4) is 0 Å². The second-order valence-corrected chi connectivity index (χ2v) is 19.3. The summed E-state index contributed by atoms with van der Waals surface area (Å²) >= 11 is 0. The van der Waals surface area contributed by atoms with E-state index in [-0.39, 0.29) is 44.3 Å². The van der Waals surface area contributed by atoms with Crippen molar-refractivity contribution in [2.24, 2.45) is 5.92 Å². The summed E-state index contributed by atoms with van der Waals surface area (Å²) in [5.41, 5.74) is -0.290. The Hall–Kier alpha value is -4.74. The molecule has 5 aliphatic rings. The first kappa shape index (κ1) is 42.4. The molecule has 4 fully saturated rings. The number of ether oxygens (including phenoxy) is 3. The molecule has 18 heteroatoms. The van der Waals surface area contributed by atoms with E-state index < -0.39 is 87.1 Å². The number of aromatic nitrogens is 1. The Labute approximate surface area is 343 Å². The lowest BCUT2D eigenvalue weighted by Gasteiger charge is -2.30. The van der Waals surface area contributed by atoms with Crippen LogP contribution in [0.25, 0.3) is 10.9 Å². The zero-order chi connectivity index (χ0) is 42.5. The van der Waals surface area contributed by atoms with E-state index in [4.69, 9.17) is 19.2 Å². The fourth-order valence-corrected chi connectivity index (χ4v) is 9.57. The predicted octanol–water partition coefficient (Wildman–Crippen LogP) is 4.50. The minimum Gasteiger partial charge on any atom is -0.496 e. The van der Waals surface area contributed by atoms with Crippen LogP contribution in [0.1, 0.15) is 90.5 Å². The number of likely N-dealkylation sites (tertiary alicyclic amines) is 1. The third kappa shape index (κ3) is 8.78. The number of nitrogens with zero attached hydrogens (tertiary/aromatic N) is 3. The molecule has 3 N–H and O–H groups in total. The number of methoxy groups -OCH3 is 1. The van der Waals surface area contributed by atoms with Gasteiger partial charge in [-0.05, 0) is 78.4 Å². The normalized spacial score (nSPS) is 28.4. The van der Waals surface area contributed by atoms with Crippen molar-refractivity contribution in [2.75, 3.05) is 26.7 Å². The van der Waals surface area contributed by atoms with E-state index in [0.29, 0.717) is 60.9 Å². The highest BCUT2D eigenvalue weighted by molar-refractivity contribution is 7.91. The summed E-state index contributed by atoms with van der Waals surface area (Å²) in [7, 11) is -2.49. The van der Waals surface area contributed by atoms with Crippen molar-refractivity contribution in [3.8, 4) is 17.4 Å². The average Bonchev–Trinajstić information content (AvgIpc) is 3.99. The molecule has 1 unspecified atom stereocenters. The summed E-state index contributed by atoms with van der Waals surface area (Å²) in [6.45, 7) is 6.07. The van der Waals surface area contributed by atoms with Gasteiger partial charge in [-0.3, -0.25) is 19.1 Å². The molecule has 7 rings (SSSR count). The lowest BCUT2D eigenvalue weighted by molar-refractivity contribution is -0.141. The van der Waals surface area contributed by atoms with Crippen LogP contribution < -0.4 is 29.6 Å². The van der Waals surface area contributed by atoms with Crippen molar-refractivity contribution in [3.63, 3.8) is 0 Å². The summed E-state index contributed by atoms with van der Waals surface area (Å²) in [5.74, 6) is -4.44. The van der Waals surface area contributed by atoms with E-state index in [0.717, 1.165) is 10.5 Å². The molecule has 0 bridgehead atoms. The van der Waals surface area contributed by atoms with Crippen LogP contribution in [-0.2, 0) is 24.4 Å². The highest BCUT2D eigenvalue weighted by Gasteiger charge is 2.63. The number of amides is 5. The highest BCUT2D eigenvalue weighted by atomic mass is 32.2. The molecule has 1 aromatic heterocycles. The zero-order valence-electron chi connectivity index (χ0n) is 34.1. The Morgan fingerprint density at radius 3 is 2.53 bits per heavy atom. The Bertz CT molecular complexity index is 2150. The topological polar surface area (TPSA) is 186 Å². The van der Waals surface area contributed by atoms with Gasteiger partial charge in [0.25, 0.3) is 11.8 Å². The number of hydrogen-bond acceptors (Lipinski definition) is 10. The Balaban J connectivity index is 1.22. The van der Waals surface area contributed by atoms with Crippen molar-refractivity contribution in [1.29, 1.82) is 0 Å². The fraction of sp³-hybridized carbons (Fsp3) is 0.634. The van der Waals surface area contributed by atoms with Crippen LogP contribution >= 0.6 is 0 Å². The molecule has 2 saturated carbocycles. The van der Waals surface area contributed by atoms with Crippen LogP contribution in [-0.4, -0.2) is 114 Å². The number of hydrogen-bond donors (Lipinski definition) is 3. The highest BCUT2D eigenvalue weighted by Crippen LogP contribution is 2.48. The number of benzene rings is 1. The third-order valence-electron chi connectivity index (χ3n) is 12.2. The maximum atomic E-state index is 14.7. The standard InChI is InChI=1S/C41H54F2N6O9S/c1-24(2)57-33-20-32(28-13-14-31(56-5)25(3)34(28)45-33)58-27-19-30-35(50)46-41(37(52)47-59(54,55)39(4)15-16-39)21-26(41)11-9-7-6-8-10-12-29(36(51)49(30)22-27)44-38(53)48-18-17-40(42,43)23-48/h9,11,13-14,20,24,26-27,29-30H,6-8,10,12,15-19,21-23H2,1-5H3,(H,44,53)(H,46,50)(H,47,52)/b11-9-/t26?,27-,29+,30+,41-/m1/s1. The SMILES string of the molecule is COc1ccc2c(O[C@@H]3C[C@H]4C(=O)N[C@]5(C(=O)NS(=O)(=O)C6(C)CC6)CC5/C=C\CCCCC[C@H](NC(=O)N5CCC(F)(F)C5)C(=O)N4C3)cc(OC(C)C)nc2c1C. The molecule has 15 nitrogen and oxygen atoms in total. The molecule has 2 aliphatic carbocycles. The minimum atomic E-state index is -4.04. The fourth-order valence-electron chi connectivity index (χ4n) is 8.25. The Kier molecular flexibility index (Phi) is 11.5. The third-order valence-corrected chi connectivity index (χ3v) is 14.4.